The Labute approximate surface area is 112 Å². The molecule has 4 nitrogen and oxygen atoms in total. The lowest BCUT2D eigenvalue weighted by Gasteiger charge is -2.04. The zero-order valence-corrected chi connectivity index (χ0v) is 11.3. The molecule has 0 N–H and O–H groups in total. The Morgan fingerprint density at radius 1 is 1.26 bits per heavy atom. The fourth-order valence-electron chi connectivity index (χ4n) is 2.37. The molecule has 19 heavy (non-hydrogen) atoms. The van der Waals surface area contributed by atoms with Crippen molar-refractivity contribution in [3.8, 4) is 0 Å². The molecule has 0 aliphatic heterocycles. The molecule has 0 spiro atoms. The van der Waals surface area contributed by atoms with E-state index < -0.39 is 0 Å². The molecule has 0 saturated heterocycles. The second-order valence-corrected chi connectivity index (χ2v) is 4.79. The SMILES string of the molecule is CCCc1nc(Cn2c(C)cc3ccccc32)no1. The molecule has 2 heterocycles. The van der Waals surface area contributed by atoms with Gasteiger partial charge in [-0.25, -0.2) is 0 Å². The number of benzene rings is 1. The Kier molecular flexibility index (Phi) is 3.07. The van der Waals surface area contributed by atoms with E-state index in [4.69, 9.17) is 4.52 Å². The van der Waals surface area contributed by atoms with Gasteiger partial charge in [-0.2, -0.15) is 4.98 Å². The summed E-state index contributed by atoms with van der Waals surface area (Å²) in [5.41, 5.74) is 2.42. The highest BCUT2D eigenvalue weighted by atomic mass is 16.5. The van der Waals surface area contributed by atoms with E-state index in [-0.39, 0.29) is 0 Å². The molecule has 0 radical (unpaired) electrons. The topological polar surface area (TPSA) is 43.9 Å². The van der Waals surface area contributed by atoms with Crippen LogP contribution >= 0.6 is 0 Å². The fraction of sp³-hybridized carbons (Fsp3) is 0.333. The maximum atomic E-state index is 5.23. The molecule has 2 aromatic heterocycles. The van der Waals surface area contributed by atoms with Gasteiger partial charge < -0.3 is 9.09 Å². The standard InChI is InChI=1S/C15H17N3O/c1-3-6-15-16-14(17-19-15)10-18-11(2)9-12-7-4-5-8-13(12)18/h4-5,7-9H,3,6,10H2,1-2H3. The van der Waals surface area contributed by atoms with Crippen LogP contribution in [0, 0.1) is 6.92 Å². The van der Waals surface area contributed by atoms with Crippen molar-refractivity contribution in [3.63, 3.8) is 0 Å². The van der Waals surface area contributed by atoms with Gasteiger partial charge in [0.05, 0.1) is 6.54 Å². The summed E-state index contributed by atoms with van der Waals surface area (Å²) in [4.78, 5) is 4.42. The summed E-state index contributed by atoms with van der Waals surface area (Å²) in [7, 11) is 0. The molecule has 0 aliphatic rings. The van der Waals surface area contributed by atoms with Crippen molar-refractivity contribution >= 4 is 10.9 Å². The van der Waals surface area contributed by atoms with Crippen LogP contribution in [0.15, 0.2) is 34.9 Å². The van der Waals surface area contributed by atoms with Gasteiger partial charge in [0.2, 0.25) is 5.89 Å². The van der Waals surface area contributed by atoms with Crippen LogP contribution in [0.2, 0.25) is 0 Å². The quantitative estimate of drug-likeness (QED) is 0.718. The summed E-state index contributed by atoms with van der Waals surface area (Å²) in [5, 5.41) is 5.30. The highest BCUT2D eigenvalue weighted by molar-refractivity contribution is 5.81. The minimum absolute atomic E-state index is 0.659. The van der Waals surface area contributed by atoms with Gasteiger partial charge in [0, 0.05) is 17.6 Å². The van der Waals surface area contributed by atoms with Crippen molar-refractivity contribution in [2.75, 3.05) is 0 Å². The number of rotatable bonds is 4. The minimum atomic E-state index is 0.659. The second kappa shape index (κ2) is 4.88. The maximum absolute atomic E-state index is 5.23. The van der Waals surface area contributed by atoms with Crippen LogP contribution < -0.4 is 0 Å². The van der Waals surface area contributed by atoms with Gasteiger partial charge in [0.25, 0.3) is 0 Å². The van der Waals surface area contributed by atoms with Crippen LogP contribution in [-0.4, -0.2) is 14.7 Å². The Hall–Kier alpha value is -2.10. The van der Waals surface area contributed by atoms with Crippen molar-refractivity contribution in [2.45, 2.75) is 33.2 Å². The molecule has 0 bridgehead atoms. The minimum Gasteiger partial charge on any atom is -0.339 e. The van der Waals surface area contributed by atoms with E-state index in [2.05, 4.69) is 58.9 Å². The average Bonchev–Trinajstić information content (AvgIpc) is 2.96. The van der Waals surface area contributed by atoms with Crippen LogP contribution in [0.3, 0.4) is 0 Å². The lowest BCUT2D eigenvalue weighted by atomic mass is 10.2. The van der Waals surface area contributed by atoms with E-state index >= 15 is 0 Å². The summed E-state index contributed by atoms with van der Waals surface area (Å²) >= 11 is 0. The number of aromatic nitrogens is 3. The van der Waals surface area contributed by atoms with E-state index in [0.717, 1.165) is 24.6 Å². The molecule has 0 unspecified atom stereocenters. The number of nitrogens with zero attached hydrogens (tertiary/aromatic N) is 3. The van der Waals surface area contributed by atoms with E-state index in [1.807, 2.05) is 0 Å². The molecule has 0 fully saturated rings. The molecule has 0 atom stereocenters. The fourth-order valence-corrected chi connectivity index (χ4v) is 2.37. The first-order chi connectivity index (χ1) is 9.28. The third kappa shape index (κ3) is 2.26. The summed E-state index contributed by atoms with van der Waals surface area (Å²) in [6.07, 6.45) is 1.87. The zero-order valence-electron chi connectivity index (χ0n) is 11.3. The van der Waals surface area contributed by atoms with Crippen LogP contribution in [0.5, 0.6) is 0 Å². The molecule has 1 aromatic carbocycles. The molecular formula is C15H17N3O. The van der Waals surface area contributed by atoms with Gasteiger partial charge in [0.1, 0.15) is 0 Å². The Morgan fingerprint density at radius 3 is 2.95 bits per heavy atom. The Morgan fingerprint density at radius 2 is 2.11 bits per heavy atom. The number of fused-ring (bicyclic) bond motifs is 1. The maximum Gasteiger partial charge on any atom is 0.226 e. The summed E-state index contributed by atoms with van der Waals surface area (Å²) < 4.78 is 7.45. The van der Waals surface area contributed by atoms with Gasteiger partial charge in [-0.15, -0.1) is 0 Å². The van der Waals surface area contributed by atoms with Crippen molar-refractivity contribution in [1.29, 1.82) is 0 Å². The first-order valence-electron chi connectivity index (χ1n) is 6.64. The first kappa shape index (κ1) is 12.0. The molecule has 4 heteroatoms. The van der Waals surface area contributed by atoms with Crippen molar-refractivity contribution < 1.29 is 4.52 Å². The zero-order chi connectivity index (χ0) is 13.2. The Balaban J connectivity index is 1.93. The average molecular weight is 255 g/mol. The number of hydrogen-bond donors (Lipinski definition) is 0. The third-order valence-corrected chi connectivity index (χ3v) is 3.29. The molecule has 0 amide bonds. The predicted molar refractivity (Wildman–Crippen MR) is 74.1 cm³/mol. The van der Waals surface area contributed by atoms with E-state index in [0.29, 0.717) is 6.54 Å². The normalized spacial score (nSPS) is 11.3. The van der Waals surface area contributed by atoms with Crippen molar-refractivity contribution in [3.05, 3.63) is 47.7 Å². The van der Waals surface area contributed by atoms with Gasteiger partial charge in [-0.3, -0.25) is 0 Å². The van der Waals surface area contributed by atoms with Crippen LogP contribution in [0.1, 0.15) is 30.8 Å². The molecule has 3 aromatic rings. The summed E-state index contributed by atoms with van der Waals surface area (Å²) in [6, 6.07) is 10.5. The van der Waals surface area contributed by atoms with Gasteiger partial charge in [0.15, 0.2) is 5.82 Å². The van der Waals surface area contributed by atoms with E-state index in [1.54, 1.807) is 0 Å². The monoisotopic (exact) mass is 255 g/mol. The Bertz CT molecular complexity index is 696. The smallest absolute Gasteiger partial charge is 0.226 e. The van der Waals surface area contributed by atoms with Crippen LogP contribution in [0.25, 0.3) is 10.9 Å². The van der Waals surface area contributed by atoms with Gasteiger partial charge in [-0.05, 0) is 30.9 Å². The lowest BCUT2D eigenvalue weighted by molar-refractivity contribution is 0.371. The van der Waals surface area contributed by atoms with E-state index in [1.165, 1.54) is 16.6 Å². The van der Waals surface area contributed by atoms with Crippen LogP contribution in [0.4, 0.5) is 0 Å². The molecule has 0 aliphatic carbocycles. The number of para-hydroxylation sites is 1. The van der Waals surface area contributed by atoms with Gasteiger partial charge >= 0.3 is 0 Å². The van der Waals surface area contributed by atoms with Crippen LogP contribution in [-0.2, 0) is 13.0 Å². The van der Waals surface area contributed by atoms with E-state index in [9.17, 15) is 0 Å². The molecular weight excluding hydrogens is 238 g/mol. The molecule has 3 rings (SSSR count). The summed E-state index contributed by atoms with van der Waals surface area (Å²) in [5.74, 6) is 1.47. The van der Waals surface area contributed by atoms with Crippen molar-refractivity contribution in [1.82, 2.24) is 14.7 Å². The summed E-state index contributed by atoms with van der Waals surface area (Å²) in [6.45, 7) is 4.87. The molecule has 98 valence electrons. The van der Waals surface area contributed by atoms with Crippen molar-refractivity contribution in [2.24, 2.45) is 0 Å². The predicted octanol–water partition coefficient (Wildman–Crippen LogP) is 3.33. The number of hydrogen-bond acceptors (Lipinski definition) is 3. The third-order valence-electron chi connectivity index (χ3n) is 3.29. The lowest BCUT2D eigenvalue weighted by Crippen LogP contribution is -2.03. The highest BCUT2D eigenvalue weighted by Crippen LogP contribution is 2.20. The number of aryl methyl sites for hydroxylation is 2. The first-order valence-corrected chi connectivity index (χ1v) is 6.64. The largest absolute Gasteiger partial charge is 0.339 e. The molecule has 0 saturated carbocycles. The highest BCUT2D eigenvalue weighted by Gasteiger charge is 2.10. The van der Waals surface area contributed by atoms with Gasteiger partial charge in [-0.1, -0.05) is 30.3 Å². The second-order valence-electron chi connectivity index (χ2n) is 4.79.